The van der Waals surface area contributed by atoms with Crippen LogP contribution in [0, 0.1) is 23.2 Å². The number of nitrogens with zero attached hydrogens (tertiary/aromatic N) is 1. The van der Waals surface area contributed by atoms with Gasteiger partial charge in [0.05, 0.1) is 18.4 Å². The predicted molar refractivity (Wildman–Crippen MR) is 128 cm³/mol. The molecule has 0 saturated heterocycles. The monoisotopic (exact) mass is 439 g/mol. The number of hydrogen-bond acceptors (Lipinski definition) is 5. The highest BCUT2D eigenvalue weighted by atomic mass is 32.2. The maximum absolute atomic E-state index is 11.6. The Morgan fingerprint density at radius 1 is 1.13 bits per heavy atom. The molecule has 2 aromatic rings. The second kappa shape index (κ2) is 13.0. The van der Waals surface area contributed by atoms with Crippen molar-refractivity contribution >= 4 is 27.0 Å². The molecular weight excluding hydrogens is 410 g/mol. The van der Waals surface area contributed by atoms with Gasteiger partial charge in [-0.2, -0.15) is 5.26 Å². The summed E-state index contributed by atoms with van der Waals surface area (Å²) in [5.74, 6) is 6.56. The van der Waals surface area contributed by atoms with Crippen LogP contribution in [0.2, 0.25) is 0 Å². The van der Waals surface area contributed by atoms with Crippen molar-refractivity contribution in [2.75, 3.05) is 29.4 Å². The first-order valence-corrected chi connectivity index (χ1v) is 11.7. The van der Waals surface area contributed by atoms with Crippen LogP contribution in [-0.2, 0) is 10.0 Å². The summed E-state index contributed by atoms with van der Waals surface area (Å²) in [7, 11) is -1.72. The average Bonchev–Trinajstić information content (AvgIpc) is 2.79. The molecule has 0 heterocycles. The summed E-state index contributed by atoms with van der Waals surface area (Å²) in [5.41, 5.74) is 3.17. The average molecular weight is 440 g/mol. The van der Waals surface area contributed by atoms with E-state index < -0.39 is 10.0 Å². The van der Waals surface area contributed by atoms with Gasteiger partial charge in [0.1, 0.15) is 11.8 Å². The Morgan fingerprint density at radius 2 is 1.81 bits per heavy atom. The largest absolute Gasteiger partial charge is 0.497 e. The van der Waals surface area contributed by atoms with E-state index in [0.717, 1.165) is 11.3 Å². The minimum Gasteiger partial charge on any atom is -0.497 e. The molecule has 0 fully saturated rings. The maximum atomic E-state index is 11.6. The number of anilines is 2. The van der Waals surface area contributed by atoms with Gasteiger partial charge in [-0.25, -0.2) is 8.42 Å². The Morgan fingerprint density at radius 3 is 2.35 bits per heavy atom. The Bertz CT molecular complexity index is 1090. The number of benzene rings is 2. The van der Waals surface area contributed by atoms with Crippen molar-refractivity contribution in [3.63, 3.8) is 0 Å². The standard InChI is InChI=1S/C22H23N3O3S.C2H6/c1-4-24-22-15-20(28-3)13-14-21(22)18(16-23)8-6-7-17-9-11-19(12-10-17)25-29(26,27)5-2;1-2/h8-15,24-25H,4-5H2,1-3H3;1-2H3/b18-8+;. The van der Waals surface area contributed by atoms with Gasteiger partial charge in [-0.15, -0.1) is 0 Å². The molecule has 2 rings (SSSR count). The number of hydrogen-bond donors (Lipinski definition) is 2. The molecule has 0 amide bonds. The van der Waals surface area contributed by atoms with Crippen molar-refractivity contribution in [3.8, 4) is 23.7 Å². The van der Waals surface area contributed by atoms with Crippen molar-refractivity contribution in [2.45, 2.75) is 27.7 Å². The van der Waals surface area contributed by atoms with Crippen molar-refractivity contribution in [2.24, 2.45) is 0 Å². The third-order valence-electron chi connectivity index (χ3n) is 3.98. The maximum Gasteiger partial charge on any atom is 0.232 e. The SMILES string of the molecule is CC.CCNc1cc(OC)ccc1/C(C#N)=C/C#Cc1ccc(NS(=O)(=O)CC)cc1. The zero-order chi connectivity index (χ0) is 23.3. The minimum atomic E-state index is -3.31. The molecule has 0 aliphatic rings. The molecule has 31 heavy (non-hydrogen) atoms. The number of sulfonamides is 1. The van der Waals surface area contributed by atoms with Crippen molar-refractivity contribution < 1.29 is 13.2 Å². The molecule has 0 spiro atoms. The highest BCUT2D eigenvalue weighted by Gasteiger charge is 2.08. The Kier molecular flexibility index (Phi) is 10.7. The van der Waals surface area contributed by atoms with Crippen LogP contribution in [0.1, 0.15) is 38.8 Å². The zero-order valence-electron chi connectivity index (χ0n) is 18.6. The number of methoxy groups -OCH3 is 1. The number of ether oxygens (including phenoxy) is 1. The quantitative estimate of drug-likeness (QED) is 0.474. The van der Waals surface area contributed by atoms with E-state index in [2.05, 4.69) is 27.9 Å². The van der Waals surface area contributed by atoms with Gasteiger partial charge in [0, 0.05) is 41.2 Å². The number of allylic oxidation sites excluding steroid dienone is 2. The van der Waals surface area contributed by atoms with Gasteiger partial charge in [-0.1, -0.05) is 25.7 Å². The van der Waals surface area contributed by atoms with Crippen molar-refractivity contribution in [1.29, 1.82) is 5.26 Å². The second-order valence-corrected chi connectivity index (χ2v) is 7.97. The van der Waals surface area contributed by atoms with Crippen LogP contribution >= 0.6 is 0 Å². The zero-order valence-corrected chi connectivity index (χ0v) is 19.4. The van der Waals surface area contributed by atoms with Crippen LogP contribution in [-0.4, -0.2) is 27.8 Å². The molecule has 2 N–H and O–H groups in total. The van der Waals surface area contributed by atoms with E-state index in [4.69, 9.17) is 4.74 Å². The summed E-state index contributed by atoms with van der Waals surface area (Å²) in [5, 5.41) is 12.8. The van der Waals surface area contributed by atoms with E-state index in [1.807, 2.05) is 32.9 Å². The van der Waals surface area contributed by atoms with Gasteiger partial charge < -0.3 is 10.1 Å². The van der Waals surface area contributed by atoms with Crippen LogP contribution in [0.4, 0.5) is 11.4 Å². The fourth-order valence-electron chi connectivity index (χ4n) is 2.46. The minimum absolute atomic E-state index is 0.0104. The third-order valence-corrected chi connectivity index (χ3v) is 5.28. The second-order valence-electron chi connectivity index (χ2n) is 5.96. The van der Waals surface area contributed by atoms with E-state index in [-0.39, 0.29) is 5.75 Å². The molecule has 0 aromatic heterocycles. The topological polar surface area (TPSA) is 91.2 Å². The first-order chi connectivity index (χ1) is 14.9. The fourth-order valence-corrected chi connectivity index (χ4v) is 3.10. The van der Waals surface area contributed by atoms with Crippen LogP contribution in [0.15, 0.2) is 48.5 Å². The molecule has 164 valence electrons. The molecular formula is C24H29N3O3S. The first kappa shape index (κ1) is 25.6. The van der Waals surface area contributed by atoms with Crippen LogP contribution in [0.5, 0.6) is 5.75 Å². The van der Waals surface area contributed by atoms with E-state index in [1.54, 1.807) is 50.4 Å². The lowest BCUT2D eigenvalue weighted by atomic mass is 10.0. The fraction of sp³-hybridized carbons (Fsp3) is 0.292. The van der Waals surface area contributed by atoms with Crippen molar-refractivity contribution in [1.82, 2.24) is 0 Å². The third kappa shape index (κ3) is 8.08. The van der Waals surface area contributed by atoms with Gasteiger partial charge >= 0.3 is 0 Å². The summed E-state index contributed by atoms with van der Waals surface area (Å²) in [6.07, 6.45) is 1.57. The Hall–Kier alpha value is -3.42. The molecule has 0 bridgehead atoms. The van der Waals surface area contributed by atoms with Crippen molar-refractivity contribution in [3.05, 3.63) is 59.7 Å². The Labute approximate surface area is 186 Å². The molecule has 0 aliphatic carbocycles. The van der Waals surface area contributed by atoms with E-state index in [1.165, 1.54) is 0 Å². The van der Waals surface area contributed by atoms with Gasteiger partial charge in [-0.3, -0.25) is 4.72 Å². The van der Waals surface area contributed by atoms with Gasteiger partial charge in [0.2, 0.25) is 10.0 Å². The highest BCUT2D eigenvalue weighted by Crippen LogP contribution is 2.28. The van der Waals surface area contributed by atoms with Crippen LogP contribution < -0.4 is 14.8 Å². The summed E-state index contributed by atoms with van der Waals surface area (Å²) in [4.78, 5) is 0. The van der Waals surface area contributed by atoms with Gasteiger partial charge in [0.25, 0.3) is 0 Å². The molecule has 7 heteroatoms. The summed E-state index contributed by atoms with van der Waals surface area (Å²) in [6, 6.07) is 14.4. The van der Waals surface area contributed by atoms with E-state index >= 15 is 0 Å². The summed E-state index contributed by atoms with van der Waals surface area (Å²) >= 11 is 0. The van der Waals surface area contributed by atoms with Crippen LogP contribution in [0.25, 0.3) is 5.57 Å². The lowest BCUT2D eigenvalue weighted by Gasteiger charge is -2.11. The molecule has 2 aromatic carbocycles. The van der Waals surface area contributed by atoms with Gasteiger partial charge in [0.15, 0.2) is 0 Å². The lowest BCUT2D eigenvalue weighted by molar-refractivity contribution is 0.415. The molecule has 0 unspecified atom stereocenters. The number of rotatable bonds is 7. The normalized spacial score (nSPS) is 10.5. The van der Waals surface area contributed by atoms with E-state index in [0.29, 0.717) is 29.1 Å². The van der Waals surface area contributed by atoms with E-state index in [9.17, 15) is 13.7 Å². The molecule has 0 radical (unpaired) electrons. The number of nitrogens with one attached hydrogen (secondary N) is 2. The molecule has 0 aliphatic heterocycles. The lowest BCUT2D eigenvalue weighted by Crippen LogP contribution is -2.14. The first-order valence-electron chi connectivity index (χ1n) is 10.1. The molecule has 0 saturated carbocycles. The van der Waals surface area contributed by atoms with Gasteiger partial charge in [-0.05, 0) is 50.2 Å². The summed E-state index contributed by atoms with van der Waals surface area (Å²) in [6.45, 7) is 8.26. The highest BCUT2D eigenvalue weighted by molar-refractivity contribution is 7.92. The summed E-state index contributed by atoms with van der Waals surface area (Å²) < 4.78 is 30.9. The Balaban J connectivity index is 0.00000233. The molecule has 0 atom stereocenters. The smallest absolute Gasteiger partial charge is 0.232 e. The number of nitriles is 1. The molecule has 6 nitrogen and oxygen atoms in total. The van der Waals surface area contributed by atoms with Crippen LogP contribution in [0.3, 0.4) is 0 Å². The predicted octanol–water partition coefficient (Wildman–Crippen LogP) is 4.87.